The van der Waals surface area contributed by atoms with Crippen molar-refractivity contribution in [3.8, 4) is 5.75 Å². The molecule has 0 spiro atoms. The molecule has 0 amide bonds. The van der Waals surface area contributed by atoms with Crippen LogP contribution < -0.4 is 9.64 Å². The maximum atomic E-state index is 13.5. The minimum Gasteiger partial charge on any atom is -0.496 e. The fraction of sp³-hybridized carbons (Fsp3) is 0.333. The highest BCUT2D eigenvalue weighted by Crippen LogP contribution is 2.50. The molecule has 0 unspecified atom stereocenters. The van der Waals surface area contributed by atoms with Crippen molar-refractivity contribution in [3.63, 3.8) is 0 Å². The van der Waals surface area contributed by atoms with Crippen molar-refractivity contribution < 1.29 is 44.6 Å². The number of methoxy groups -OCH3 is 1. The van der Waals surface area contributed by atoms with Crippen molar-refractivity contribution in [1.29, 1.82) is 0 Å². The Bertz CT molecular complexity index is 1470. The van der Waals surface area contributed by atoms with E-state index in [9.17, 15) is 39.9 Å². The van der Waals surface area contributed by atoms with Gasteiger partial charge in [-0.1, -0.05) is 42.5 Å². The molecular formula is C27H26F6N2O4S2. The second-order valence-corrected chi connectivity index (χ2v) is 11.8. The smallest absolute Gasteiger partial charge is 0.430 e. The van der Waals surface area contributed by atoms with Crippen LogP contribution in [0.1, 0.15) is 11.1 Å². The molecule has 41 heavy (non-hydrogen) atoms. The molecule has 0 bridgehead atoms. The van der Waals surface area contributed by atoms with Crippen LogP contribution in [0.4, 0.5) is 32.0 Å². The van der Waals surface area contributed by atoms with Gasteiger partial charge in [0.15, 0.2) is 0 Å². The zero-order chi connectivity index (χ0) is 30.2. The summed E-state index contributed by atoms with van der Waals surface area (Å²) in [6, 6.07) is 15.9. The van der Waals surface area contributed by atoms with Crippen LogP contribution in [0.5, 0.6) is 5.75 Å². The summed E-state index contributed by atoms with van der Waals surface area (Å²) in [6.07, 6.45) is -11.8. The zero-order valence-electron chi connectivity index (χ0n) is 21.5. The molecule has 1 aliphatic rings. The summed E-state index contributed by atoms with van der Waals surface area (Å²) in [7, 11) is -2.51. The molecule has 0 saturated carbocycles. The summed E-state index contributed by atoms with van der Waals surface area (Å²) in [5.41, 5.74) is -5.46. The summed E-state index contributed by atoms with van der Waals surface area (Å²) in [4.78, 5) is 1.99. The molecule has 1 fully saturated rings. The summed E-state index contributed by atoms with van der Waals surface area (Å²) in [6.45, 7) is 0.0267. The second-order valence-electron chi connectivity index (χ2n) is 9.45. The lowest BCUT2D eigenvalue weighted by Gasteiger charge is -2.42. The van der Waals surface area contributed by atoms with Crippen LogP contribution in [-0.4, -0.2) is 63.0 Å². The van der Waals surface area contributed by atoms with E-state index in [1.807, 2.05) is 0 Å². The molecule has 6 nitrogen and oxygen atoms in total. The average Bonchev–Trinajstić information content (AvgIpc) is 2.92. The van der Waals surface area contributed by atoms with Gasteiger partial charge < -0.3 is 14.7 Å². The van der Waals surface area contributed by atoms with Crippen molar-refractivity contribution in [2.24, 2.45) is 0 Å². The van der Waals surface area contributed by atoms with Crippen LogP contribution in [0.3, 0.4) is 0 Å². The number of ether oxygens (including phenoxy) is 1. The summed E-state index contributed by atoms with van der Waals surface area (Å²) >= 11 is 4.27. The Morgan fingerprint density at radius 3 is 2.07 bits per heavy atom. The molecule has 3 aromatic carbocycles. The second kappa shape index (κ2) is 11.4. The van der Waals surface area contributed by atoms with E-state index in [0.29, 0.717) is 17.9 Å². The van der Waals surface area contributed by atoms with E-state index in [2.05, 4.69) is 12.6 Å². The molecule has 1 N–H and O–H groups in total. The highest BCUT2D eigenvalue weighted by molar-refractivity contribution is 7.90. The van der Waals surface area contributed by atoms with E-state index in [4.69, 9.17) is 4.74 Å². The lowest BCUT2D eigenvalue weighted by Crippen LogP contribution is -2.56. The zero-order valence-corrected chi connectivity index (χ0v) is 23.2. The Hall–Kier alpha value is -2.94. The Morgan fingerprint density at radius 1 is 0.902 bits per heavy atom. The number of halogens is 6. The number of piperazine rings is 1. The predicted molar refractivity (Wildman–Crippen MR) is 143 cm³/mol. The molecule has 222 valence electrons. The van der Waals surface area contributed by atoms with Crippen LogP contribution in [0.15, 0.2) is 82.6 Å². The fourth-order valence-electron chi connectivity index (χ4n) is 4.88. The number of anilines is 1. The minimum atomic E-state index is -6.01. The summed E-state index contributed by atoms with van der Waals surface area (Å²) in [5, 5.41) is 9.76. The molecule has 14 heteroatoms. The Morgan fingerprint density at radius 2 is 1.49 bits per heavy atom. The standard InChI is InChI=1S/C27H26F6N2O4S2/c1-39-22-7-3-2-6-18(22)16-21-17-34(41(37,38)24-9-5-4-8-23(24)40)14-15-35(21)20-12-10-19(11-13-20)25(36,26(28,29)30)27(31,32)33/h2-13,21,36,40H,14-17H2,1H3/t21-/m0/s1. The minimum absolute atomic E-state index is 0.00997. The van der Waals surface area contributed by atoms with Gasteiger partial charge in [0.1, 0.15) is 5.75 Å². The molecule has 1 atom stereocenters. The van der Waals surface area contributed by atoms with Crippen molar-refractivity contribution >= 4 is 28.3 Å². The normalized spacial score (nSPS) is 17.5. The van der Waals surface area contributed by atoms with Crippen molar-refractivity contribution in [2.75, 3.05) is 31.6 Å². The first-order valence-electron chi connectivity index (χ1n) is 12.2. The summed E-state index contributed by atoms with van der Waals surface area (Å²) in [5.74, 6) is 0.531. The van der Waals surface area contributed by atoms with Crippen LogP contribution >= 0.6 is 12.6 Å². The maximum Gasteiger partial charge on any atom is 0.430 e. The molecule has 3 aromatic rings. The number of benzene rings is 3. The predicted octanol–water partition coefficient (Wildman–Crippen LogP) is 5.42. The fourth-order valence-corrected chi connectivity index (χ4v) is 6.94. The third-order valence-electron chi connectivity index (χ3n) is 7.01. The third-order valence-corrected chi connectivity index (χ3v) is 9.48. The van der Waals surface area contributed by atoms with Gasteiger partial charge >= 0.3 is 12.4 Å². The first-order valence-corrected chi connectivity index (χ1v) is 14.1. The Kier molecular flexibility index (Phi) is 8.61. The Labute approximate surface area is 238 Å². The van der Waals surface area contributed by atoms with Crippen molar-refractivity contribution in [3.05, 3.63) is 83.9 Å². The van der Waals surface area contributed by atoms with Crippen LogP contribution in [0.2, 0.25) is 0 Å². The molecule has 0 aliphatic carbocycles. The SMILES string of the molecule is COc1ccccc1C[C@H]1CN(S(=O)(=O)c2ccccc2S)CCN1c1ccc(C(O)(C(F)(F)F)C(F)(F)F)cc1. The highest BCUT2D eigenvalue weighted by atomic mass is 32.2. The van der Waals surface area contributed by atoms with Gasteiger partial charge in [0.2, 0.25) is 10.0 Å². The lowest BCUT2D eigenvalue weighted by molar-refractivity contribution is -0.376. The van der Waals surface area contributed by atoms with E-state index < -0.39 is 39.6 Å². The van der Waals surface area contributed by atoms with E-state index >= 15 is 0 Å². The number of para-hydroxylation sites is 1. The van der Waals surface area contributed by atoms with Gasteiger partial charge in [-0.25, -0.2) is 8.42 Å². The molecule has 1 aliphatic heterocycles. The van der Waals surface area contributed by atoms with Gasteiger partial charge in [0, 0.05) is 41.8 Å². The number of rotatable bonds is 7. The molecule has 1 saturated heterocycles. The topological polar surface area (TPSA) is 70.1 Å². The molecule has 0 radical (unpaired) electrons. The van der Waals surface area contributed by atoms with Gasteiger partial charge in [-0.2, -0.15) is 30.6 Å². The van der Waals surface area contributed by atoms with E-state index in [-0.39, 0.29) is 41.5 Å². The highest BCUT2D eigenvalue weighted by Gasteiger charge is 2.71. The first kappa shape index (κ1) is 31.0. The van der Waals surface area contributed by atoms with Gasteiger partial charge in [-0.15, -0.1) is 12.6 Å². The van der Waals surface area contributed by atoms with Crippen LogP contribution in [-0.2, 0) is 22.0 Å². The first-order chi connectivity index (χ1) is 19.1. The number of thiol groups is 1. The third kappa shape index (κ3) is 5.87. The number of hydrogen-bond donors (Lipinski definition) is 2. The molecular weight excluding hydrogens is 594 g/mol. The van der Waals surface area contributed by atoms with Gasteiger partial charge in [0.25, 0.3) is 5.60 Å². The quantitative estimate of drug-likeness (QED) is 0.273. The molecule has 1 heterocycles. The maximum absolute atomic E-state index is 13.5. The van der Waals surface area contributed by atoms with E-state index in [0.717, 1.165) is 17.7 Å². The van der Waals surface area contributed by atoms with Gasteiger partial charge in [-0.05, 0) is 42.3 Å². The van der Waals surface area contributed by atoms with E-state index in [1.165, 1.54) is 17.5 Å². The number of sulfonamides is 1. The van der Waals surface area contributed by atoms with Gasteiger partial charge in [-0.3, -0.25) is 0 Å². The number of aliphatic hydroxyl groups is 1. The molecule has 4 rings (SSSR count). The van der Waals surface area contributed by atoms with E-state index in [1.54, 1.807) is 47.4 Å². The van der Waals surface area contributed by atoms with Crippen molar-refractivity contribution in [1.82, 2.24) is 4.31 Å². The monoisotopic (exact) mass is 620 g/mol. The Balaban J connectivity index is 1.71. The molecule has 0 aromatic heterocycles. The number of nitrogens with zero attached hydrogens (tertiary/aromatic N) is 2. The summed E-state index contributed by atoms with van der Waals surface area (Å²) < 4.78 is 114. The lowest BCUT2D eigenvalue weighted by atomic mass is 9.92. The number of alkyl halides is 6. The van der Waals surface area contributed by atoms with Gasteiger partial charge in [0.05, 0.1) is 12.0 Å². The number of hydrogen-bond acceptors (Lipinski definition) is 6. The van der Waals surface area contributed by atoms with Crippen LogP contribution in [0.25, 0.3) is 0 Å². The van der Waals surface area contributed by atoms with Crippen LogP contribution in [0, 0.1) is 0 Å². The largest absolute Gasteiger partial charge is 0.496 e. The van der Waals surface area contributed by atoms with Crippen molar-refractivity contribution in [2.45, 2.75) is 40.2 Å². The average molecular weight is 621 g/mol.